The van der Waals surface area contributed by atoms with Crippen molar-refractivity contribution in [3.05, 3.63) is 0 Å². The van der Waals surface area contributed by atoms with Crippen LogP contribution in [0.1, 0.15) is 33.1 Å². The second-order valence-electron chi connectivity index (χ2n) is 4.86. The second-order valence-corrected chi connectivity index (χ2v) is 4.86. The Morgan fingerprint density at radius 1 is 1.22 bits per heavy atom. The van der Waals surface area contributed by atoms with Crippen molar-refractivity contribution in [1.82, 2.24) is 9.80 Å². The summed E-state index contributed by atoms with van der Waals surface area (Å²) < 4.78 is 5.35. The van der Waals surface area contributed by atoms with E-state index in [-0.39, 0.29) is 6.04 Å². The molecule has 0 radical (unpaired) electrons. The normalized spacial score (nSPS) is 19.6. The molecular weight excluding hydrogens is 226 g/mol. The molecule has 1 fully saturated rings. The first-order valence-corrected chi connectivity index (χ1v) is 7.25. The van der Waals surface area contributed by atoms with Gasteiger partial charge in [0.25, 0.3) is 0 Å². The molecule has 0 aliphatic carbocycles. The molecule has 0 spiro atoms. The predicted molar refractivity (Wildman–Crippen MR) is 73.4 cm³/mol. The Balaban J connectivity index is 2.17. The highest BCUT2D eigenvalue weighted by molar-refractivity contribution is 4.93. The van der Waals surface area contributed by atoms with E-state index in [9.17, 15) is 0 Å². The zero-order chi connectivity index (χ0) is 13.2. The molecule has 1 heterocycles. The highest BCUT2D eigenvalue weighted by atomic mass is 16.5. The van der Waals surface area contributed by atoms with Crippen LogP contribution in [0, 0.1) is 11.3 Å². The monoisotopic (exact) mass is 253 g/mol. The first kappa shape index (κ1) is 15.4. The van der Waals surface area contributed by atoms with Crippen molar-refractivity contribution in [3.8, 4) is 6.07 Å². The van der Waals surface area contributed by atoms with Gasteiger partial charge in [0.15, 0.2) is 0 Å². The number of rotatable bonds is 8. The third-order valence-corrected chi connectivity index (χ3v) is 3.53. The third-order valence-electron chi connectivity index (χ3n) is 3.53. The Morgan fingerprint density at radius 3 is 2.50 bits per heavy atom. The van der Waals surface area contributed by atoms with Crippen LogP contribution >= 0.6 is 0 Å². The van der Waals surface area contributed by atoms with Crippen LogP contribution in [0.2, 0.25) is 0 Å². The van der Waals surface area contributed by atoms with Crippen LogP contribution in [0.5, 0.6) is 0 Å². The lowest BCUT2D eigenvalue weighted by Crippen LogP contribution is -2.50. The van der Waals surface area contributed by atoms with Gasteiger partial charge in [-0.25, -0.2) is 0 Å². The van der Waals surface area contributed by atoms with Crippen molar-refractivity contribution in [2.24, 2.45) is 0 Å². The van der Waals surface area contributed by atoms with Gasteiger partial charge in [-0.1, -0.05) is 13.3 Å². The molecule has 1 atom stereocenters. The molecule has 1 aliphatic rings. The summed E-state index contributed by atoms with van der Waals surface area (Å²) in [4.78, 5) is 4.82. The van der Waals surface area contributed by atoms with E-state index in [4.69, 9.17) is 10.00 Å². The maximum Gasteiger partial charge on any atom is 0.0978 e. The molecule has 0 aromatic carbocycles. The molecule has 4 nitrogen and oxygen atoms in total. The topological polar surface area (TPSA) is 39.5 Å². The van der Waals surface area contributed by atoms with Gasteiger partial charge in [-0.2, -0.15) is 5.26 Å². The summed E-state index contributed by atoms with van der Waals surface area (Å²) in [5.74, 6) is 0. The summed E-state index contributed by atoms with van der Waals surface area (Å²) in [5, 5.41) is 9.15. The fraction of sp³-hybridized carbons (Fsp3) is 0.929. The Bertz CT molecular complexity index is 244. The van der Waals surface area contributed by atoms with E-state index in [1.165, 1.54) is 0 Å². The summed E-state index contributed by atoms with van der Waals surface area (Å²) in [5.41, 5.74) is 0. The van der Waals surface area contributed by atoms with E-state index in [1.807, 2.05) is 6.92 Å². The van der Waals surface area contributed by atoms with Crippen LogP contribution in [0.25, 0.3) is 0 Å². The van der Waals surface area contributed by atoms with Crippen molar-refractivity contribution in [2.75, 3.05) is 45.9 Å². The van der Waals surface area contributed by atoms with Crippen LogP contribution in [0.3, 0.4) is 0 Å². The smallest absolute Gasteiger partial charge is 0.0978 e. The zero-order valence-corrected chi connectivity index (χ0v) is 11.9. The Kier molecular flexibility index (Phi) is 7.99. The minimum Gasteiger partial charge on any atom is -0.382 e. The Morgan fingerprint density at radius 2 is 1.94 bits per heavy atom. The summed E-state index contributed by atoms with van der Waals surface area (Å²) in [6.07, 6.45) is 3.21. The van der Waals surface area contributed by atoms with Gasteiger partial charge in [0, 0.05) is 45.9 Å². The summed E-state index contributed by atoms with van der Waals surface area (Å²) in [6, 6.07) is 2.56. The largest absolute Gasteiger partial charge is 0.382 e. The lowest BCUT2D eigenvalue weighted by molar-refractivity contribution is 0.0926. The highest BCUT2D eigenvalue weighted by Gasteiger charge is 2.22. The van der Waals surface area contributed by atoms with E-state index in [0.29, 0.717) is 0 Å². The fourth-order valence-electron chi connectivity index (χ4n) is 2.44. The van der Waals surface area contributed by atoms with Gasteiger partial charge in [-0.15, -0.1) is 0 Å². The third kappa shape index (κ3) is 5.34. The molecule has 0 N–H and O–H groups in total. The standard InChI is InChI=1S/C14H27N3O/c1-3-6-14(13-15)17-10-8-16(9-11-17)7-5-12-18-4-2/h14H,3-12H2,1-2H3. The van der Waals surface area contributed by atoms with Crippen LogP contribution in [-0.4, -0.2) is 61.8 Å². The van der Waals surface area contributed by atoms with Crippen molar-refractivity contribution in [2.45, 2.75) is 39.2 Å². The van der Waals surface area contributed by atoms with Gasteiger partial charge in [0.2, 0.25) is 0 Å². The summed E-state index contributed by atoms with van der Waals surface area (Å²) in [6.45, 7) is 11.2. The minimum absolute atomic E-state index is 0.126. The molecule has 0 amide bonds. The first-order valence-electron chi connectivity index (χ1n) is 7.25. The maximum atomic E-state index is 9.15. The lowest BCUT2D eigenvalue weighted by atomic mass is 10.1. The van der Waals surface area contributed by atoms with Gasteiger partial charge in [0.1, 0.15) is 0 Å². The Labute approximate surface area is 112 Å². The van der Waals surface area contributed by atoms with Crippen LogP contribution in [0.4, 0.5) is 0 Å². The SMILES string of the molecule is CCCC(C#N)N1CCN(CCCOCC)CC1. The Hall–Kier alpha value is -0.630. The molecule has 0 aromatic heterocycles. The van der Waals surface area contributed by atoms with Crippen molar-refractivity contribution < 1.29 is 4.74 Å². The van der Waals surface area contributed by atoms with E-state index in [0.717, 1.165) is 65.2 Å². The minimum atomic E-state index is 0.126. The average Bonchev–Trinajstić information content (AvgIpc) is 2.42. The number of hydrogen-bond acceptors (Lipinski definition) is 4. The van der Waals surface area contributed by atoms with Gasteiger partial charge >= 0.3 is 0 Å². The van der Waals surface area contributed by atoms with E-state index >= 15 is 0 Å². The van der Waals surface area contributed by atoms with E-state index in [2.05, 4.69) is 22.8 Å². The zero-order valence-electron chi connectivity index (χ0n) is 11.9. The molecule has 0 saturated carbocycles. The molecular formula is C14H27N3O. The number of nitriles is 1. The van der Waals surface area contributed by atoms with Gasteiger partial charge in [-0.3, -0.25) is 4.90 Å². The van der Waals surface area contributed by atoms with Crippen molar-refractivity contribution in [3.63, 3.8) is 0 Å². The van der Waals surface area contributed by atoms with Crippen LogP contribution < -0.4 is 0 Å². The average molecular weight is 253 g/mol. The highest BCUT2D eigenvalue weighted by Crippen LogP contribution is 2.10. The molecule has 1 rings (SSSR count). The summed E-state index contributed by atoms with van der Waals surface area (Å²) in [7, 11) is 0. The second kappa shape index (κ2) is 9.32. The fourth-order valence-corrected chi connectivity index (χ4v) is 2.44. The van der Waals surface area contributed by atoms with Crippen LogP contribution in [-0.2, 0) is 4.74 Å². The van der Waals surface area contributed by atoms with Crippen molar-refractivity contribution in [1.29, 1.82) is 5.26 Å². The molecule has 0 aromatic rings. The van der Waals surface area contributed by atoms with E-state index in [1.54, 1.807) is 0 Å². The van der Waals surface area contributed by atoms with Crippen molar-refractivity contribution >= 4 is 0 Å². The maximum absolute atomic E-state index is 9.15. The van der Waals surface area contributed by atoms with Crippen LogP contribution in [0.15, 0.2) is 0 Å². The molecule has 4 heteroatoms. The van der Waals surface area contributed by atoms with E-state index < -0.39 is 0 Å². The molecule has 1 saturated heterocycles. The van der Waals surface area contributed by atoms with Gasteiger partial charge in [-0.05, 0) is 19.8 Å². The van der Waals surface area contributed by atoms with Gasteiger partial charge in [0.05, 0.1) is 12.1 Å². The number of ether oxygens (including phenoxy) is 1. The number of hydrogen-bond donors (Lipinski definition) is 0. The molecule has 104 valence electrons. The summed E-state index contributed by atoms with van der Waals surface area (Å²) >= 11 is 0. The lowest BCUT2D eigenvalue weighted by Gasteiger charge is -2.36. The number of piperazine rings is 1. The molecule has 1 unspecified atom stereocenters. The molecule has 1 aliphatic heterocycles. The molecule has 18 heavy (non-hydrogen) atoms. The number of nitrogens with zero attached hydrogens (tertiary/aromatic N) is 3. The van der Waals surface area contributed by atoms with Gasteiger partial charge < -0.3 is 9.64 Å². The molecule has 0 bridgehead atoms. The quantitative estimate of drug-likeness (QED) is 0.618. The first-order chi connectivity index (χ1) is 8.81. The predicted octanol–water partition coefficient (Wildman–Crippen LogP) is 1.72.